The summed E-state index contributed by atoms with van der Waals surface area (Å²) in [6.07, 6.45) is 1.90. The summed E-state index contributed by atoms with van der Waals surface area (Å²) in [6, 6.07) is 0. The first-order chi connectivity index (χ1) is 6.56. The van der Waals surface area contributed by atoms with Gasteiger partial charge in [-0.2, -0.15) is 0 Å². The lowest BCUT2D eigenvalue weighted by atomic mass is 10.2. The number of β-lactam (4-membered cyclic amide) rings is 1. The molecule has 1 aliphatic heterocycles. The molecule has 1 amide bonds. The molecule has 0 aromatic heterocycles. The molecule has 1 atom stereocenters. The van der Waals surface area contributed by atoms with E-state index in [1.165, 1.54) is 11.8 Å². The van der Waals surface area contributed by atoms with Crippen LogP contribution in [0.3, 0.4) is 0 Å². The third kappa shape index (κ3) is 1.85. The summed E-state index contributed by atoms with van der Waals surface area (Å²) >= 11 is 1.46. The Kier molecular flexibility index (Phi) is 3.05. The van der Waals surface area contributed by atoms with Crippen molar-refractivity contribution in [2.24, 2.45) is 5.73 Å². The average Bonchev–Trinajstić information content (AvgIpc) is 2.10. The number of rotatable bonds is 2. The summed E-state index contributed by atoms with van der Waals surface area (Å²) in [5.74, 6) is 0.126. The number of carbonyl (C=O) groups is 1. The summed E-state index contributed by atoms with van der Waals surface area (Å²) < 4.78 is 2.03. The second kappa shape index (κ2) is 3.50. The van der Waals surface area contributed by atoms with Crippen LogP contribution in [0.2, 0.25) is 18.1 Å². The van der Waals surface area contributed by atoms with Gasteiger partial charge in [-0.1, -0.05) is 33.9 Å². The quantitative estimate of drug-likeness (QED) is 0.459. The molecular formula is C10H22N2OSSi. The van der Waals surface area contributed by atoms with E-state index in [0.717, 1.165) is 0 Å². The van der Waals surface area contributed by atoms with Crippen molar-refractivity contribution in [3.63, 3.8) is 0 Å². The van der Waals surface area contributed by atoms with Crippen molar-refractivity contribution >= 4 is 25.9 Å². The number of hydrogen-bond donors (Lipinski definition) is 1. The van der Waals surface area contributed by atoms with Gasteiger partial charge in [0.15, 0.2) is 13.1 Å². The lowest BCUT2D eigenvalue weighted by Gasteiger charge is -2.56. The molecule has 1 heterocycles. The minimum atomic E-state index is -1.70. The Hall–Kier alpha value is -0.00312. The molecule has 0 aromatic rings. The Balaban J connectivity index is 2.84. The van der Waals surface area contributed by atoms with Crippen LogP contribution in [0.5, 0.6) is 0 Å². The normalized spacial score (nSPS) is 27.9. The van der Waals surface area contributed by atoms with Gasteiger partial charge in [0.05, 0.1) is 0 Å². The highest BCUT2D eigenvalue weighted by atomic mass is 32.2. The van der Waals surface area contributed by atoms with Crippen LogP contribution >= 0.6 is 11.8 Å². The molecule has 5 heteroatoms. The predicted molar refractivity (Wildman–Crippen MR) is 69.3 cm³/mol. The van der Waals surface area contributed by atoms with Crippen LogP contribution in [0.4, 0.5) is 0 Å². The molecule has 1 aliphatic rings. The molecule has 3 nitrogen and oxygen atoms in total. The highest BCUT2D eigenvalue weighted by Gasteiger charge is 2.57. The molecular weight excluding hydrogens is 224 g/mol. The van der Waals surface area contributed by atoms with E-state index in [-0.39, 0.29) is 10.9 Å². The highest BCUT2D eigenvalue weighted by molar-refractivity contribution is 8.00. The SMILES string of the molecule is CSC1(N)CN([Si](C)(C)C(C)(C)C)C1=O. The molecule has 0 bridgehead atoms. The van der Waals surface area contributed by atoms with E-state index in [9.17, 15) is 4.79 Å². The van der Waals surface area contributed by atoms with Crippen molar-refractivity contribution < 1.29 is 4.79 Å². The molecule has 15 heavy (non-hydrogen) atoms. The van der Waals surface area contributed by atoms with Crippen molar-refractivity contribution in [3.8, 4) is 0 Å². The Bertz CT molecular complexity index is 288. The van der Waals surface area contributed by atoms with E-state index in [1.54, 1.807) is 0 Å². The summed E-state index contributed by atoms with van der Waals surface area (Å²) in [7, 11) is -1.70. The Morgan fingerprint density at radius 1 is 1.47 bits per heavy atom. The lowest BCUT2D eigenvalue weighted by molar-refractivity contribution is -0.138. The van der Waals surface area contributed by atoms with E-state index < -0.39 is 13.1 Å². The molecule has 88 valence electrons. The maximum absolute atomic E-state index is 12.0. The topological polar surface area (TPSA) is 46.3 Å². The zero-order chi connectivity index (χ0) is 12.1. The number of nitrogens with two attached hydrogens (primary N) is 1. The molecule has 0 saturated carbocycles. The van der Waals surface area contributed by atoms with Crippen LogP contribution in [-0.4, -0.2) is 36.4 Å². The number of amides is 1. The maximum Gasteiger partial charge on any atom is 0.247 e. The molecule has 0 aliphatic carbocycles. The number of hydrogen-bond acceptors (Lipinski definition) is 3. The Labute approximate surface area is 97.9 Å². The summed E-state index contributed by atoms with van der Waals surface area (Å²) in [4.78, 5) is 11.4. The van der Waals surface area contributed by atoms with Crippen LogP contribution in [0.1, 0.15) is 20.8 Å². The zero-order valence-electron chi connectivity index (χ0n) is 10.5. The van der Waals surface area contributed by atoms with Gasteiger partial charge >= 0.3 is 0 Å². The first-order valence-electron chi connectivity index (χ1n) is 5.22. The Morgan fingerprint density at radius 3 is 2.20 bits per heavy atom. The van der Waals surface area contributed by atoms with Gasteiger partial charge in [0.25, 0.3) is 0 Å². The summed E-state index contributed by atoms with van der Waals surface area (Å²) in [6.45, 7) is 11.8. The summed E-state index contributed by atoms with van der Waals surface area (Å²) in [5, 5.41) is 0.197. The number of thioether (sulfide) groups is 1. The summed E-state index contributed by atoms with van der Waals surface area (Å²) in [5.41, 5.74) is 5.97. The van der Waals surface area contributed by atoms with Crippen molar-refractivity contribution in [2.45, 2.75) is 43.8 Å². The van der Waals surface area contributed by atoms with Gasteiger partial charge in [0.1, 0.15) is 0 Å². The molecule has 0 radical (unpaired) electrons. The van der Waals surface area contributed by atoms with Crippen LogP contribution in [-0.2, 0) is 4.79 Å². The van der Waals surface area contributed by atoms with Gasteiger partial charge in [-0.15, -0.1) is 11.8 Å². The van der Waals surface area contributed by atoms with Gasteiger partial charge in [-0.05, 0) is 11.3 Å². The van der Waals surface area contributed by atoms with Gasteiger partial charge in [-0.25, -0.2) is 0 Å². The number of carbonyl (C=O) groups excluding carboxylic acids is 1. The fraction of sp³-hybridized carbons (Fsp3) is 0.900. The molecule has 0 spiro atoms. The standard InChI is InChI=1S/C10H22N2OSSi/c1-9(2,3)15(5,6)12-7-10(11,14-4)8(12)13/h7,11H2,1-6H3. The van der Waals surface area contributed by atoms with Gasteiger partial charge < -0.3 is 10.3 Å². The van der Waals surface area contributed by atoms with Crippen molar-refractivity contribution in [1.82, 2.24) is 4.57 Å². The third-order valence-corrected chi connectivity index (χ3v) is 10.3. The van der Waals surface area contributed by atoms with Crippen molar-refractivity contribution in [3.05, 3.63) is 0 Å². The second-order valence-corrected chi connectivity index (χ2v) is 12.1. The molecule has 1 saturated heterocycles. The highest BCUT2D eigenvalue weighted by Crippen LogP contribution is 2.44. The second-order valence-electron chi connectivity index (χ2n) is 5.79. The van der Waals surface area contributed by atoms with E-state index in [2.05, 4.69) is 33.9 Å². The average molecular weight is 246 g/mol. The molecule has 1 fully saturated rings. The van der Waals surface area contributed by atoms with Gasteiger partial charge in [-0.3, -0.25) is 4.79 Å². The monoisotopic (exact) mass is 246 g/mol. The largest absolute Gasteiger partial charge is 0.364 e. The van der Waals surface area contributed by atoms with Crippen molar-refractivity contribution in [1.29, 1.82) is 0 Å². The van der Waals surface area contributed by atoms with Crippen LogP contribution in [0.15, 0.2) is 0 Å². The molecule has 0 aromatic carbocycles. The van der Waals surface area contributed by atoms with Crippen LogP contribution in [0, 0.1) is 0 Å². The predicted octanol–water partition coefficient (Wildman–Crippen LogP) is 1.85. The smallest absolute Gasteiger partial charge is 0.247 e. The Morgan fingerprint density at radius 2 is 1.93 bits per heavy atom. The van der Waals surface area contributed by atoms with E-state index in [1.807, 2.05) is 10.8 Å². The fourth-order valence-corrected chi connectivity index (χ4v) is 4.42. The maximum atomic E-state index is 12.0. The number of nitrogens with zero attached hydrogens (tertiary/aromatic N) is 1. The minimum absolute atomic E-state index is 0.126. The fourth-order valence-electron chi connectivity index (χ4n) is 1.52. The van der Waals surface area contributed by atoms with Gasteiger partial charge in [0.2, 0.25) is 5.91 Å². The zero-order valence-corrected chi connectivity index (χ0v) is 12.4. The van der Waals surface area contributed by atoms with E-state index in [4.69, 9.17) is 5.73 Å². The lowest BCUT2D eigenvalue weighted by Crippen LogP contribution is -2.77. The molecule has 1 rings (SSSR count). The van der Waals surface area contributed by atoms with E-state index in [0.29, 0.717) is 6.54 Å². The third-order valence-electron chi connectivity index (χ3n) is 3.87. The van der Waals surface area contributed by atoms with Gasteiger partial charge in [0, 0.05) is 6.54 Å². The van der Waals surface area contributed by atoms with Crippen molar-refractivity contribution in [2.75, 3.05) is 12.8 Å². The minimum Gasteiger partial charge on any atom is -0.364 e. The molecule has 2 N–H and O–H groups in total. The molecule has 1 unspecified atom stereocenters. The first-order valence-corrected chi connectivity index (χ1v) is 9.39. The van der Waals surface area contributed by atoms with Crippen LogP contribution in [0.25, 0.3) is 0 Å². The first kappa shape index (κ1) is 13.1. The van der Waals surface area contributed by atoms with Crippen LogP contribution < -0.4 is 5.73 Å². The van der Waals surface area contributed by atoms with E-state index >= 15 is 0 Å².